The topological polar surface area (TPSA) is 114 Å². The summed E-state index contributed by atoms with van der Waals surface area (Å²) in [4.78, 5) is 21.7. The van der Waals surface area contributed by atoms with Crippen LogP contribution in [0.1, 0.15) is 47.8 Å². The van der Waals surface area contributed by atoms with Crippen LogP contribution in [0.2, 0.25) is 0 Å². The molecule has 0 unspecified atom stereocenters. The number of phenols is 1. The van der Waals surface area contributed by atoms with Crippen molar-refractivity contribution in [3.8, 4) is 11.5 Å². The Morgan fingerprint density at radius 1 is 0.738 bits per heavy atom. The third-order valence-corrected chi connectivity index (χ3v) is 6.68. The predicted octanol–water partition coefficient (Wildman–Crippen LogP) is 7.06. The molecule has 0 amide bonds. The number of phosphoric acid groups is 1. The van der Waals surface area contributed by atoms with Gasteiger partial charge in [-0.05, 0) is 55.7 Å². The van der Waals surface area contributed by atoms with E-state index in [1.165, 1.54) is 6.07 Å². The lowest BCUT2D eigenvalue weighted by Gasteiger charge is -2.19. The molecule has 4 rings (SSSR count). The van der Waals surface area contributed by atoms with E-state index in [2.05, 4.69) is 5.32 Å². The standard InChI is InChI=1S/C19H23NO3.C14H15O4P/c1-19(2,3)20-12-17(22)15-9-10-18(16(21)11-15)23-13-14-7-5-4-6-8-14;15-19(16,17-11-13-7-3-1-4-8-13)18-12-14-9-5-2-6-10-14/h4-11,20-21H,12-13H2,1-3H3;1-10H,11-12H2,(H,15,16). The first-order valence-corrected chi connectivity index (χ1v) is 15.0. The van der Waals surface area contributed by atoms with Gasteiger partial charge in [-0.25, -0.2) is 4.57 Å². The summed E-state index contributed by atoms with van der Waals surface area (Å²) >= 11 is 0. The Labute approximate surface area is 247 Å². The molecule has 4 aromatic carbocycles. The van der Waals surface area contributed by atoms with Gasteiger partial charge in [0.05, 0.1) is 19.8 Å². The maximum Gasteiger partial charge on any atom is 0.472 e. The molecule has 0 saturated carbocycles. The predicted molar refractivity (Wildman–Crippen MR) is 163 cm³/mol. The highest BCUT2D eigenvalue weighted by Gasteiger charge is 2.21. The van der Waals surface area contributed by atoms with Gasteiger partial charge in [-0.1, -0.05) is 91.0 Å². The molecular formula is C33H38NO7P. The summed E-state index contributed by atoms with van der Waals surface area (Å²) in [6.07, 6.45) is 0. The number of nitrogens with one attached hydrogen (secondary N) is 1. The molecular weight excluding hydrogens is 553 g/mol. The number of ether oxygens (including phenoxy) is 1. The number of Topliss-reactive ketones (excluding diaryl/α,β-unsaturated/α-hetero) is 1. The van der Waals surface area contributed by atoms with Gasteiger partial charge in [0.15, 0.2) is 17.3 Å². The van der Waals surface area contributed by atoms with Crippen molar-refractivity contribution in [3.63, 3.8) is 0 Å². The molecule has 0 spiro atoms. The quantitative estimate of drug-likeness (QED) is 0.119. The van der Waals surface area contributed by atoms with Crippen LogP contribution in [0.3, 0.4) is 0 Å². The van der Waals surface area contributed by atoms with Gasteiger partial charge < -0.3 is 20.1 Å². The van der Waals surface area contributed by atoms with Crippen molar-refractivity contribution in [1.82, 2.24) is 5.32 Å². The van der Waals surface area contributed by atoms with E-state index in [0.29, 0.717) is 17.9 Å². The lowest BCUT2D eigenvalue weighted by molar-refractivity contribution is 0.0981. The minimum atomic E-state index is -4.02. The minimum absolute atomic E-state index is 0.0254. The van der Waals surface area contributed by atoms with Crippen LogP contribution in [0.4, 0.5) is 0 Å². The van der Waals surface area contributed by atoms with Gasteiger partial charge >= 0.3 is 7.82 Å². The second-order valence-corrected chi connectivity index (χ2v) is 11.9. The number of hydrogen-bond donors (Lipinski definition) is 3. The van der Waals surface area contributed by atoms with E-state index >= 15 is 0 Å². The number of phosphoric ester groups is 1. The molecule has 9 heteroatoms. The third-order valence-electron chi connectivity index (χ3n) is 5.77. The largest absolute Gasteiger partial charge is 0.504 e. The molecule has 0 bridgehead atoms. The lowest BCUT2D eigenvalue weighted by Crippen LogP contribution is -2.39. The first kappa shape index (κ1) is 32.7. The van der Waals surface area contributed by atoms with Gasteiger partial charge in [-0.15, -0.1) is 0 Å². The van der Waals surface area contributed by atoms with Crippen LogP contribution in [-0.2, 0) is 33.4 Å². The number of benzene rings is 4. The van der Waals surface area contributed by atoms with E-state index in [0.717, 1.165) is 16.7 Å². The fourth-order valence-electron chi connectivity index (χ4n) is 3.49. The summed E-state index contributed by atoms with van der Waals surface area (Å²) in [5.74, 6) is 0.279. The summed E-state index contributed by atoms with van der Waals surface area (Å²) in [7, 11) is -4.02. The monoisotopic (exact) mass is 591 g/mol. The number of ketones is 1. The first-order chi connectivity index (χ1) is 20.0. The minimum Gasteiger partial charge on any atom is -0.504 e. The molecule has 0 aromatic heterocycles. The molecule has 222 valence electrons. The smallest absolute Gasteiger partial charge is 0.472 e. The van der Waals surface area contributed by atoms with Gasteiger partial charge in [0.25, 0.3) is 0 Å². The van der Waals surface area contributed by atoms with E-state index in [1.807, 2.05) is 112 Å². The zero-order valence-electron chi connectivity index (χ0n) is 24.1. The third kappa shape index (κ3) is 12.4. The second-order valence-electron chi connectivity index (χ2n) is 10.5. The van der Waals surface area contributed by atoms with E-state index in [-0.39, 0.29) is 36.8 Å². The number of carbonyl (C=O) groups is 1. The summed E-state index contributed by atoms with van der Waals surface area (Å²) in [5, 5.41) is 13.2. The van der Waals surface area contributed by atoms with Crippen molar-refractivity contribution in [2.45, 2.75) is 46.1 Å². The lowest BCUT2D eigenvalue weighted by atomic mass is 10.1. The highest BCUT2D eigenvalue weighted by molar-refractivity contribution is 7.47. The Hall–Kier alpha value is -3.78. The molecule has 4 aromatic rings. The highest BCUT2D eigenvalue weighted by Crippen LogP contribution is 2.44. The van der Waals surface area contributed by atoms with Gasteiger partial charge in [0, 0.05) is 11.1 Å². The second kappa shape index (κ2) is 16.0. The summed E-state index contributed by atoms with van der Waals surface area (Å²) in [5.41, 5.74) is 2.99. The van der Waals surface area contributed by atoms with E-state index in [1.54, 1.807) is 12.1 Å². The molecule has 0 aliphatic carbocycles. The Bertz CT molecular complexity index is 1380. The molecule has 0 radical (unpaired) electrons. The molecule has 42 heavy (non-hydrogen) atoms. The molecule has 0 fully saturated rings. The number of rotatable bonds is 12. The molecule has 0 atom stereocenters. The fourth-order valence-corrected chi connectivity index (χ4v) is 4.19. The van der Waals surface area contributed by atoms with Crippen molar-refractivity contribution < 1.29 is 33.1 Å². The van der Waals surface area contributed by atoms with Crippen LogP contribution in [0.25, 0.3) is 0 Å². The molecule has 0 saturated heterocycles. The Morgan fingerprint density at radius 2 is 1.19 bits per heavy atom. The summed E-state index contributed by atoms with van der Waals surface area (Å²) in [6, 6.07) is 32.8. The average molecular weight is 592 g/mol. The highest BCUT2D eigenvalue weighted by atomic mass is 31.2. The summed E-state index contributed by atoms with van der Waals surface area (Å²) in [6.45, 7) is 6.68. The van der Waals surface area contributed by atoms with E-state index in [4.69, 9.17) is 13.8 Å². The van der Waals surface area contributed by atoms with Gasteiger partial charge in [0.1, 0.15) is 6.61 Å². The maximum absolute atomic E-state index is 12.1. The van der Waals surface area contributed by atoms with Crippen molar-refractivity contribution in [2.24, 2.45) is 0 Å². The van der Waals surface area contributed by atoms with Crippen LogP contribution >= 0.6 is 7.82 Å². The fraction of sp³-hybridized carbons (Fsp3) is 0.242. The number of hydrogen-bond acceptors (Lipinski definition) is 7. The molecule has 0 aliphatic rings. The number of carbonyl (C=O) groups excluding carboxylic acids is 1. The van der Waals surface area contributed by atoms with Crippen LogP contribution < -0.4 is 10.1 Å². The molecule has 0 aliphatic heterocycles. The Morgan fingerprint density at radius 3 is 1.62 bits per heavy atom. The zero-order chi connectivity index (χ0) is 30.4. The van der Waals surface area contributed by atoms with Gasteiger partial charge in [0.2, 0.25) is 0 Å². The Kier molecular flexibility index (Phi) is 12.5. The molecule has 8 nitrogen and oxygen atoms in total. The Balaban J connectivity index is 0.000000235. The van der Waals surface area contributed by atoms with Crippen molar-refractivity contribution in [3.05, 3.63) is 131 Å². The average Bonchev–Trinajstić information content (AvgIpc) is 2.99. The van der Waals surface area contributed by atoms with Crippen LogP contribution in [0.5, 0.6) is 11.5 Å². The zero-order valence-corrected chi connectivity index (χ0v) is 25.0. The van der Waals surface area contributed by atoms with Gasteiger partial charge in [-0.2, -0.15) is 0 Å². The van der Waals surface area contributed by atoms with Gasteiger partial charge in [-0.3, -0.25) is 13.8 Å². The van der Waals surface area contributed by atoms with Crippen LogP contribution in [0.15, 0.2) is 109 Å². The van der Waals surface area contributed by atoms with Crippen LogP contribution in [0, 0.1) is 0 Å². The van der Waals surface area contributed by atoms with Crippen molar-refractivity contribution >= 4 is 13.6 Å². The number of aromatic hydroxyl groups is 1. The maximum atomic E-state index is 12.1. The van der Waals surface area contributed by atoms with Crippen molar-refractivity contribution in [2.75, 3.05) is 6.54 Å². The molecule has 0 heterocycles. The number of phenolic OH excluding ortho intramolecular Hbond substituents is 1. The van der Waals surface area contributed by atoms with E-state index in [9.17, 15) is 19.4 Å². The first-order valence-electron chi connectivity index (χ1n) is 13.5. The van der Waals surface area contributed by atoms with Crippen LogP contribution in [-0.4, -0.2) is 27.9 Å². The normalized spacial score (nSPS) is 11.3. The van der Waals surface area contributed by atoms with E-state index < -0.39 is 7.82 Å². The summed E-state index contributed by atoms with van der Waals surface area (Å²) < 4.78 is 27.1. The SMILES string of the molecule is CC(C)(C)NCC(=O)c1ccc(OCc2ccccc2)c(O)c1.O=P(O)(OCc1ccccc1)OCc1ccccc1. The van der Waals surface area contributed by atoms with Crippen molar-refractivity contribution in [1.29, 1.82) is 0 Å². The molecule has 3 N–H and O–H groups in total.